The highest BCUT2D eigenvalue weighted by molar-refractivity contribution is 5.91. The highest BCUT2D eigenvalue weighted by Gasteiger charge is 2.55. The third-order valence-electron chi connectivity index (χ3n) is 21.4. The van der Waals surface area contributed by atoms with Gasteiger partial charge in [-0.3, -0.25) is 9.59 Å². The number of aromatic hydroxyl groups is 7. The van der Waals surface area contributed by atoms with Crippen LogP contribution in [0.25, 0.3) is 36.5 Å². The fourth-order valence-electron chi connectivity index (χ4n) is 14.2. The number of aryl methyl sites for hydroxylation is 1. The van der Waals surface area contributed by atoms with Crippen molar-refractivity contribution < 1.29 is 223 Å². The molecule has 0 aliphatic heterocycles. The molecule has 0 aromatic heterocycles. The molecular formula is C92H102O45. The Morgan fingerprint density at radius 3 is 0.934 bits per heavy atom. The third kappa shape index (κ3) is 32.4. The van der Waals surface area contributed by atoms with E-state index in [1.807, 2.05) is 0 Å². The van der Waals surface area contributed by atoms with E-state index < -0.39 is 224 Å². The molecule has 0 amide bonds. The summed E-state index contributed by atoms with van der Waals surface area (Å²) in [5.74, 6) is -14.4. The van der Waals surface area contributed by atoms with E-state index in [9.17, 15) is 155 Å². The van der Waals surface area contributed by atoms with Crippen molar-refractivity contribution >= 4 is 103 Å². The predicted molar refractivity (Wildman–Crippen MR) is 464 cm³/mol. The molecule has 11 rings (SSSR count). The first-order chi connectivity index (χ1) is 64.3. The fourth-order valence-corrected chi connectivity index (χ4v) is 14.2. The van der Waals surface area contributed by atoms with E-state index in [1.165, 1.54) is 136 Å². The summed E-state index contributed by atoms with van der Waals surface area (Å²) in [6.45, 7) is 1.75. The Balaban J connectivity index is 0.000000236. The average molecular weight is 1930 g/mol. The molecule has 24 N–H and O–H groups in total. The molecule has 45 heteroatoms. The molecule has 740 valence electrons. The van der Waals surface area contributed by atoms with E-state index in [0.717, 1.165) is 36.5 Å². The number of carbonyl (C=O) groups excluding carboxylic acids is 8. The molecule has 5 aliphatic rings. The number of phenols is 7. The van der Waals surface area contributed by atoms with Crippen molar-refractivity contribution in [3.05, 3.63) is 197 Å². The van der Waals surface area contributed by atoms with Crippen LogP contribution in [0, 0.1) is 6.92 Å². The summed E-state index contributed by atoms with van der Waals surface area (Å²) in [6.07, 6.45) is -12.3. The lowest BCUT2D eigenvalue weighted by atomic mass is 9.79. The Morgan fingerprint density at radius 1 is 0.299 bits per heavy atom. The second-order valence-corrected chi connectivity index (χ2v) is 31.8. The van der Waals surface area contributed by atoms with Crippen molar-refractivity contribution in [2.24, 2.45) is 0 Å². The van der Waals surface area contributed by atoms with Crippen LogP contribution >= 0.6 is 0 Å². The molecule has 16 atom stereocenters. The molecule has 5 aliphatic carbocycles. The van der Waals surface area contributed by atoms with Gasteiger partial charge in [0.2, 0.25) is 11.6 Å². The van der Waals surface area contributed by atoms with Gasteiger partial charge in [-0.2, -0.15) is 0 Å². The molecule has 0 bridgehead atoms. The molecule has 0 spiro atoms. The summed E-state index contributed by atoms with van der Waals surface area (Å²) in [4.78, 5) is 127. The van der Waals surface area contributed by atoms with Crippen molar-refractivity contribution in [1.82, 2.24) is 0 Å². The van der Waals surface area contributed by atoms with Gasteiger partial charge < -0.3 is 170 Å². The molecule has 5 fully saturated rings. The molecule has 6 aromatic carbocycles. The van der Waals surface area contributed by atoms with Gasteiger partial charge in [-0.1, -0.05) is 48.5 Å². The summed E-state index contributed by atoms with van der Waals surface area (Å²) in [6, 6.07) is 29.2. The quantitative estimate of drug-likeness (QED) is 0.00825. The summed E-state index contributed by atoms with van der Waals surface area (Å²) < 4.78 is 49.4. The minimum absolute atomic E-state index is 0.0153. The van der Waals surface area contributed by atoms with Crippen LogP contribution in [0.1, 0.15) is 103 Å². The fraction of sp³-hybridized carbons (Fsp3) is 0.359. The van der Waals surface area contributed by atoms with Gasteiger partial charge >= 0.3 is 53.7 Å². The molecule has 137 heavy (non-hydrogen) atoms. The number of aliphatic carboxylic acids is 3. The van der Waals surface area contributed by atoms with Gasteiger partial charge in [0, 0.05) is 94.2 Å². The summed E-state index contributed by atoms with van der Waals surface area (Å²) in [7, 11) is 2.74. The van der Waals surface area contributed by atoms with Gasteiger partial charge in [0.05, 0.1) is 63.4 Å². The average Bonchev–Trinajstić information content (AvgIpc) is 0.800. The van der Waals surface area contributed by atoms with E-state index in [2.05, 4.69) is 9.47 Å². The first kappa shape index (κ1) is 110. The van der Waals surface area contributed by atoms with Crippen molar-refractivity contribution in [3.63, 3.8) is 0 Å². The minimum Gasteiger partial charge on any atom is -0.508 e. The number of phenolic OH excluding ortho intramolecular Hbond substituents is 7. The van der Waals surface area contributed by atoms with Crippen LogP contribution in [0.4, 0.5) is 0 Å². The Hall–Kier alpha value is -14.4. The second-order valence-electron chi connectivity index (χ2n) is 31.8. The van der Waals surface area contributed by atoms with Crippen LogP contribution < -0.4 is 9.47 Å². The van der Waals surface area contributed by atoms with Crippen LogP contribution in [-0.4, -0.2) is 323 Å². The molecule has 0 saturated heterocycles. The number of hydrogen-bond donors (Lipinski definition) is 24. The van der Waals surface area contributed by atoms with Gasteiger partial charge in [-0.25, -0.2) is 43.2 Å². The molecular weight excluding hydrogens is 1820 g/mol. The number of esters is 6. The molecule has 10 unspecified atom stereocenters. The number of carboxylic acid groups (broad SMARTS) is 3. The molecule has 0 heterocycles. The smallest absolute Gasteiger partial charge is 0.335 e. The minimum atomic E-state index is -2.45. The summed E-state index contributed by atoms with van der Waals surface area (Å²) >= 11 is 0. The Kier molecular flexibility index (Phi) is 39.3. The van der Waals surface area contributed by atoms with Crippen LogP contribution in [-0.2, 0) is 90.6 Å². The normalized spacial score (nSPS) is 27.8. The monoisotopic (exact) mass is 1930 g/mol. The lowest BCUT2D eigenvalue weighted by molar-refractivity contribution is -0.256. The van der Waals surface area contributed by atoms with Crippen molar-refractivity contribution in [2.75, 3.05) is 14.2 Å². The maximum absolute atomic E-state index is 12.5. The lowest BCUT2D eigenvalue weighted by Gasteiger charge is -2.40. The van der Waals surface area contributed by atoms with Crippen molar-refractivity contribution in [2.45, 2.75) is 191 Å². The zero-order valence-corrected chi connectivity index (χ0v) is 72.7. The number of methoxy groups -OCH3 is 2. The van der Waals surface area contributed by atoms with E-state index in [1.54, 1.807) is 43.3 Å². The standard InChI is InChI=1S/C26H26O12.C17H20O9.C17H20O8.2C16H18O8/c1-36-20-11-15(3-7-17(20)28)5-9-23(32)38-24-19(30)12-26(35,25(33)34)13-21(24)37-22(31)8-4-14-2-6-16(27)18(29)10-14;1-24-13-6-10(2-4-11(13)19)3-5-15(21)26-14-8-17(23,25-9-18)7-12(20)16(14)22;1-10-6-11(2-4-12(10)19)3-5-15(22)25-16-13(20)7-17(23,24-9-18)8-14(16)21;17-10-4-1-9(2-5-10)3-6-13(19)24-12-8-16(23,15(21)22)7-11(18)14(12)20;17-10-4-1-9(2-5-10)3-6-13(20)24-14-11(18)7-16(23,15(21)22)8-12(14)19/h2-11,19,21,24,27-30,35H,12-13H2,1H3,(H,33,34);2-6,9,12,14,16,19-20,22-23H,7-8H2,1H3;2-6,9,13-14,16,19-21,23H,7-8H2,1H3;1-6,11-12,14,17-18,20,23H,7-8H2,(H,21,22);1-6,11-12,14,17-19,23H,7-8H2,(H,21,22)/b8-4+,9-5+;2*5-3+;2*6-3+/t19?,21?,24-,26+;12?,14?,16-,17-;;11?,12?,14-,16+;/m00.0./s1. The Morgan fingerprint density at radius 2 is 0.569 bits per heavy atom. The largest absolute Gasteiger partial charge is 0.508 e. The van der Waals surface area contributed by atoms with E-state index in [-0.39, 0.29) is 78.2 Å². The SMILES string of the molecule is COc1cc(/C=C/C(=O)OC2C[C@@](O)(OC=O)CC(O)[C@@H]2O)ccc1O.COc1cc(/C=C/C(=O)O[C@H]2C(O)C[C@](O)(C(=O)O)CC2OC(=O)/C=C/c2ccc(O)c(O)c2)ccc1O.Cc1cc(/C=C/C(=O)OC2C(O)CC(O)(OC=O)CC2O)ccc1O.O=C(/C=C/c1ccc(O)cc1)OC1C(O)CC(O)(C(=O)O)CC1O.O=C(/C=C/c1ccc(O)cc1)OC1C[C@@](O)(C(=O)O)CC(O)[C@@H]1O. The van der Waals surface area contributed by atoms with Crippen LogP contribution in [0.2, 0.25) is 0 Å². The van der Waals surface area contributed by atoms with Gasteiger partial charge in [-0.15, -0.1) is 0 Å². The molecule has 45 nitrogen and oxygen atoms in total. The lowest BCUT2D eigenvalue weighted by Crippen LogP contribution is -2.58. The van der Waals surface area contributed by atoms with Gasteiger partial charge in [0.1, 0.15) is 47.8 Å². The number of aliphatic hydroxyl groups excluding tert-OH is 9. The van der Waals surface area contributed by atoms with Crippen LogP contribution in [0.15, 0.2) is 158 Å². The highest BCUT2D eigenvalue weighted by atomic mass is 16.7. The predicted octanol–water partition coefficient (Wildman–Crippen LogP) is 0.335. The number of aliphatic hydroxyl groups is 14. The summed E-state index contributed by atoms with van der Waals surface area (Å²) in [5, 5.41) is 233. The highest BCUT2D eigenvalue weighted by Crippen LogP contribution is 2.39. The number of ether oxygens (including phenoxy) is 10. The number of rotatable bonds is 27. The zero-order chi connectivity index (χ0) is 102. The Labute approximate surface area is 776 Å². The zero-order valence-electron chi connectivity index (χ0n) is 72.7. The van der Waals surface area contributed by atoms with E-state index >= 15 is 0 Å². The number of carbonyl (C=O) groups is 11. The Bertz CT molecular complexity index is 5370. The molecule has 5 saturated carbocycles. The summed E-state index contributed by atoms with van der Waals surface area (Å²) in [5.41, 5.74) is -3.12. The topological polar surface area (TPSA) is 766 Å². The number of benzene rings is 6. The van der Waals surface area contributed by atoms with E-state index in [0.29, 0.717) is 38.9 Å². The first-order valence-corrected chi connectivity index (χ1v) is 41.0. The molecule has 0 radical (unpaired) electrons. The molecule has 6 aromatic rings. The maximum atomic E-state index is 12.5. The van der Waals surface area contributed by atoms with Crippen LogP contribution in [0.5, 0.6) is 51.7 Å². The maximum Gasteiger partial charge on any atom is 0.335 e. The van der Waals surface area contributed by atoms with Gasteiger partial charge in [0.25, 0.3) is 12.9 Å². The van der Waals surface area contributed by atoms with Crippen molar-refractivity contribution in [1.29, 1.82) is 0 Å². The first-order valence-electron chi connectivity index (χ1n) is 41.0. The van der Waals surface area contributed by atoms with Gasteiger partial charge in [0.15, 0.2) is 69.6 Å². The van der Waals surface area contributed by atoms with E-state index in [4.69, 9.17) is 58.3 Å². The van der Waals surface area contributed by atoms with Crippen molar-refractivity contribution in [3.8, 4) is 51.7 Å². The van der Waals surface area contributed by atoms with Gasteiger partial charge in [-0.05, 0) is 155 Å². The number of hydrogen-bond acceptors (Lipinski definition) is 42. The van der Waals surface area contributed by atoms with Crippen LogP contribution in [0.3, 0.4) is 0 Å². The third-order valence-corrected chi connectivity index (χ3v) is 21.4. The number of carboxylic acids is 3. The second kappa shape index (κ2) is 49.2.